The van der Waals surface area contributed by atoms with Crippen molar-refractivity contribution in [1.82, 2.24) is 9.55 Å². The Labute approximate surface area is 94.7 Å². The van der Waals surface area contributed by atoms with Crippen molar-refractivity contribution in [3.05, 3.63) is 53.1 Å². The van der Waals surface area contributed by atoms with E-state index in [2.05, 4.69) is 36.2 Å². The fourth-order valence-corrected chi connectivity index (χ4v) is 1.66. The second-order valence-electron chi connectivity index (χ2n) is 3.92. The summed E-state index contributed by atoms with van der Waals surface area (Å²) < 4.78 is 1.91. The predicted molar refractivity (Wildman–Crippen MR) is 62.6 cm³/mol. The molecular weight excluding hydrogens is 200 g/mol. The molecule has 0 atom stereocenters. The summed E-state index contributed by atoms with van der Waals surface area (Å²) in [6.07, 6.45) is 2.45. The molecule has 0 unspecified atom stereocenters. The normalized spacial score (nSPS) is 10.4. The molecular formula is C13H14N2O. The molecule has 0 aliphatic carbocycles. The Morgan fingerprint density at radius 2 is 1.94 bits per heavy atom. The zero-order valence-electron chi connectivity index (χ0n) is 9.47. The molecule has 3 heteroatoms. The van der Waals surface area contributed by atoms with Gasteiger partial charge in [0.25, 0.3) is 0 Å². The third-order valence-electron chi connectivity index (χ3n) is 2.67. The van der Waals surface area contributed by atoms with E-state index >= 15 is 0 Å². The van der Waals surface area contributed by atoms with Crippen molar-refractivity contribution in [1.29, 1.82) is 0 Å². The van der Waals surface area contributed by atoms with Crippen molar-refractivity contribution in [3.63, 3.8) is 0 Å². The smallest absolute Gasteiger partial charge is 0.168 e. The van der Waals surface area contributed by atoms with Gasteiger partial charge in [0.05, 0.1) is 6.20 Å². The number of carbonyl (C=O) groups is 1. The zero-order chi connectivity index (χ0) is 11.5. The van der Waals surface area contributed by atoms with Crippen molar-refractivity contribution in [2.24, 2.45) is 0 Å². The monoisotopic (exact) mass is 214 g/mol. The number of rotatable bonds is 3. The second-order valence-corrected chi connectivity index (χ2v) is 3.92. The molecule has 0 bridgehead atoms. The SMILES string of the molecule is Cc1ccc(Cn2c(C=O)cnc2C)cc1. The zero-order valence-corrected chi connectivity index (χ0v) is 9.47. The van der Waals surface area contributed by atoms with Crippen LogP contribution in [0.5, 0.6) is 0 Å². The third kappa shape index (κ3) is 2.03. The Morgan fingerprint density at radius 1 is 1.25 bits per heavy atom. The van der Waals surface area contributed by atoms with Crippen LogP contribution in [0.1, 0.15) is 27.4 Å². The quantitative estimate of drug-likeness (QED) is 0.735. The lowest BCUT2D eigenvalue weighted by molar-refractivity contribution is 0.111. The molecule has 82 valence electrons. The number of carbonyl (C=O) groups excluding carboxylic acids is 1. The van der Waals surface area contributed by atoms with Gasteiger partial charge in [-0.1, -0.05) is 29.8 Å². The number of nitrogens with zero attached hydrogens (tertiary/aromatic N) is 2. The summed E-state index contributed by atoms with van der Waals surface area (Å²) in [6, 6.07) is 8.29. The molecule has 0 aliphatic heterocycles. The van der Waals surface area contributed by atoms with Gasteiger partial charge in [-0.15, -0.1) is 0 Å². The van der Waals surface area contributed by atoms with Crippen LogP contribution in [-0.2, 0) is 6.54 Å². The maximum atomic E-state index is 10.8. The number of benzene rings is 1. The summed E-state index contributed by atoms with van der Waals surface area (Å²) in [4.78, 5) is 15.0. The molecule has 0 saturated heterocycles. The van der Waals surface area contributed by atoms with E-state index in [-0.39, 0.29) is 0 Å². The molecule has 1 aromatic carbocycles. The van der Waals surface area contributed by atoms with E-state index in [0.29, 0.717) is 12.2 Å². The van der Waals surface area contributed by atoms with Crippen molar-refractivity contribution < 1.29 is 4.79 Å². The molecule has 0 amide bonds. The van der Waals surface area contributed by atoms with Gasteiger partial charge in [-0.25, -0.2) is 4.98 Å². The number of imidazole rings is 1. The average molecular weight is 214 g/mol. The van der Waals surface area contributed by atoms with E-state index < -0.39 is 0 Å². The number of aromatic nitrogens is 2. The van der Waals surface area contributed by atoms with Crippen LogP contribution in [0, 0.1) is 13.8 Å². The van der Waals surface area contributed by atoms with Gasteiger partial charge in [0.1, 0.15) is 11.5 Å². The van der Waals surface area contributed by atoms with Gasteiger partial charge in [0.2, 0.25) is 0 Å². The lowest BCUT2D eigenvalue weighted by atomic mass is 10.1. The van der Waals surface area contributed by atoms with Crippen molar-refractivity contribution >= 4 is 6.29 Å². The van der Waals surface area contributed by atoms with Crippen molar-refractivity contribution in [2.75, 3.05) is 0 Å². The van der Waals surface area contributed by atoms with Gasteiger partial charge in [0, 0.05) is 6.54 Å². The van der Waals surface area contributed by atoms with Crippen LogP contribution in [0.2, 0.25) is 0 Å². The number of hydrogen-bond donors (Lipinski definition) is 0. The summed E-state index contributed by atoms with van der Waals surface area (Å²) in [5, 5.41) is 0. The molecule has 0 fully saturated rings. The van der Waals surface area contributed by atoms with Crippen LogP contribution < -0.4 is 0 Å². The number of aldehydes is 1. The maximum Gasteiger partial charge on any atom is 0.168 e. The molecule has 1 heterocycles. The molecule has 0 N–H and O–H groups in total. The Bertz CT molecular complexity index is 497. The van der Waals surface area contributed by atoms with Crippen LogP contribution in [0.15, 0.2) is 30.5 Å². The summed E-state index contributed by atoms with van der Waals surface area (Å²) in [7, 11) is 0. The Balaban J connectivity index is 2.29. The van der Waals surface area contributed by atoms with Crippen LogP contribution in [-0.4, -0.2) is 15.8 Å². The lowest BCUT2D eigenvalue weighted by Crippen LogP contribution is -2.05. The Kier molecular flexibility index (Phi) is 2.86. The third-order valence-corrected chi connectivity index (χ3v) is 2.67. The molecule has 0 saturated carbocycles. The molecule has 1 aromatic heterocycles. The van der Waals surface area contributed by atoms with Crippen molar-refractivity contribution in [2.45, 2.75) is 20.4 Å². The van der Waals surface area contributed by atoms with Crippen LogP contribution in [0.3, 0.4) is 0 Å². The predicted octanol–water partition coefficient (Wildman–Crippen LogP) is 2.36. The van der Waals surface area contributed by atoms with Gasteiger partial charge < -0.3 is 4.57 Å². The van der Waals surface area contributed by atoms with Crippen LogP contribution in [0.25, 0.3) is 0 Å². The minimum absolute atomic E-state index is 0.623. The van der Waals surface area contributed by atoms with E-state index in [9.17, 15) is 4.79 Å². The van der Waals surface area contributed by atoms with E-state index in [1.54, 1.807) is 6.20 Å². The summed E-state index contributed by atoms with van der Waals surface area (Å²) in [5.41, 5.74) is 3.04. The largest absolute Gasteiger partial charge is 0.322 e. The first kappa shape index (κ1) is 10.6. The van der Waals surface area contributed by atoms with Crippen molar-refractivity contribution in [3.8, 4) is 0 Å². The van der Waals surface area contributed by atoms with Gasteiger partial charge in [-0.3, -0.25) is 4.79 Å². The molecule has 2 aromatic rings. The standard InChI is InChI=1S/C13H14N2O/c1-10-3-5-12(6-4-10)8-15-11(2)14-7-13(15)9-16/h3-7,9H,8H2,1-2H3. The van der Waals surface area contributed by atoms with Crippen LogP contribution in [0.4, 0.5) is 0 Å². The fourth-order valence-electron chi connectivity index (χ4n) is 1.66. The molecule has 0 radical (unpaired) electrons. The highest BCUT2D eigenvalue weighted by Gasteiger charge is 2.05. The van der Waals surface area contributed by atoms with E-state index in [4.69, 9.17) is 0 Å². The fraction of sp³-hybridized carbons (Fsp3) is 0.231. The minimum atomic E-state index is 0.623. The average Bonchev–Trinajstić information content (AvgIpc) is 2.63. The topological polar surface area (TPSA) is 34.9 Å². The second kappa shape index (κ2) is 4.31. The van der Waals surface area contributed by atoms with E-state index in [1.165, 1.54) is 11.1 Å². The minimum Gasteiger partial charge on any atom is -0.322 e. The first-order valence-corrected chi connectivity index (χ1v) is 5.23. The molecule has 0 spiro atoms. The van der Waals surface area contributed by atoms with E-state index in [0.717, 1.165) is 12.1 Å². The lowest BCUT2D eigenvalue weighted by Gasteiger charge is -2.07. The molecule has 16 heavy (non-hydrogen) atoms. The maximum absolute atomic E-state index is 10.8. The first-order valence-electron chi connectivity index (χ1n) is 5.23. The Morgan fingerprint density at radius 3 is 2.56 bits per heavy atom. The van der Waals surface area contributed by atoms with Gasteiger partial charge >= 0.3 is 0 Å². The van der Waals surface area contributed by atoms with Gasteiger partial charge in [-0.2, -0.15) is 0 Å². The first-order chi connectivity index (χ1) is 7.70. The molecule has 2 rings (SSSR count). The van der Waals surface area contributed by atoms with Gasteiger partial charge in [-0.05, 0) is 19.4 Å². The van der Waals surface area contributed by atoms with E-state index in [1.807, 2.05) is 11.5 Å². The highest BCUT2D eigenvalue weighted by Crippen LogP contribution is 2.09. The van der Waals surface area contributed by atoms with Gasteiger partial charge in [0.15, 0.2) is 6.29 Å². The molecule has 0 aliphatic rings. The highest BCUT2D eigenvalue weighted by molar-refractivity contribution is 5.71. The number of aryl methyl sites for hydroxylation is 2. The Hall–Kier alpha value is -1.90. The summed E-state index contributed by atoms with van der Waals surface area (Å²) in [6.45, 7) is 4.66. The summed E-state index contributed by atoms with van der Waals surface area (Å²) in [5.74, 6) is 0.864. The van der Waals surface area contributed by atoms with Crippen LogP contribution >= 0.6 is 0 Å². The molecule has 3 nitrogen and oxygen atoms in total. The summed E-state index contributed by atoms with van der Waals surface area (Å²) >= 11 is 0. The highest BCUT2D eigenvalue weighted by atomic mass is 16.1. The number of hydrogen-bond acceptors (Lipinski definition) is 2.